The number of carbonyl (C=O) groups is 1. The number of nitrogens with zero attached hydrogens (tertiary/aromatic N) is 4. The van der Waals surface area contributed by atoms with Crippen LogP contribution in [-0.4, -0.2) is 78.7 Å². The quantitative estimate of drug-likeness (QED) is 0.302. The first-order chi connectivity index (χ1) is 20.3. The minimum absolute atomic E-state index is 0.0940. The summed E-state index contributed by atoms with van der Waals surface area (Å²) in [6.45, 7) is 7.49. The Bertz CT molecular complexity index is 1270. The van der Waals surface area contributed by atoms with E-state index in [-0.39, 0.29) is 27.3 Å². The van der Waals surface area contributed by atoms with Crippen molar-refractivity contribution >= 4 is 27.5 Å². The summed E-state index contributed by atoms with van der Waals surface area (Å²) in [7, 11) is -3.70. The molecular weight excluding hydrogens is 568 g/mol. The zero-order valence-corrected chi connectivity index (χ0v) is 26.7. The van der Waals surface area contributed by atoms with Crippen LogP contribution in [0.15, 0.2) is 47.6 Å². The number of carbonyl (C=O) groups excluding carboxylic acids is 1. The number of hydrogen-bond acceptors (Lipinski definition) is 5. The number of benzene rings is 1. The van der Waals surface area contributed by atoms with E-state index in [0.29, 0.717) is 31.4 Å². The Kier molecular flexibility index (Phi) is 10.6. The lowest BCUT2D eigenvalue weighted by Gasteiger charge is -2.43. The van der Waals surface area contributed by atoms with Gasteiger partial charge in [-0.2, -0.15) is 4.31 Å². The molecule has 0 N–H and O–H groups in total. The molecule has 4 heterocycles. The molecule has 1 atom stereocenters. The van der Waals surface area contributed by atoms with Crippen LogP contribution in [0.3, 0.4) is 0 Å². The second-order valence-corrected chi connectivity index (χ2v) is 14.8. The van der Waals surface area contributed by atoms with Gasteiger partial charge >= 0.3 is 0 Å². The molecule has 42 heavy (non-hydrogen) atoms. The maximum atomic E-state index is 13.7. The molecule has 3 aliphatic rings. The van der Waals surface area contributed by atoms with Crippen LogP contribution < -0.4 is 0 Å². The fourth-order valence-corrected chi connectivity index (χ4v) is 10.0. The number of aryl methyl sites for hydroxylation is 1. The summed E-state index contributed by atoms with van der Waals surface area (Å²) >= 11 is 6.37. The summed E-state index contributed by atoms with van der Waals surface area (Å²) in [5.41, 5.74) is 2.14. The Hall–Kier alpha value is -2.00. The second-order valence-electron chi connectivity index (χ2n) is 12.6. The number of aromatic nitrogens is 1. The number of hydrogen-bond donors (Lipinski definition) is 0. The van der Waals surface area contributed by atoms with Crippen molar-refractivity contribution in [1.82, 2.24) is 19.1 Å². The van der Waals surface area contributed by atoms with E-state index in [2.05, 4.69) is 22.0 Å². The molecule has 3 aliphatic heterocycles. The Morgan fingerprint density at radius 3 is 2.40 bits per heavy atom. The largest absolute Gasteiger partial charge is 0.343 e. The predicted molar refractivity (Wildman–Crippen MR) is 168 cm³/mol. The van der Waals surface area contributed by atoms with Gasteiger partial charge in [-0.3, -0.25) is 9.78 Å². The lowest BCUT2D eigenvalue weighted by Crippen LogP contribution is -2.46. The van der Waals surface area contributed by atoms with Gasteiger partial charge in [-0.25, -0.2) is 8.42 Å². The highest BCUT2D eigenvalue weighted by Gasteiger charge is 2.38. The molecule has 2 aromatic rings. The normalized spacial score (nSPS) is 22.0. The molecule has 1 aromatic heterocycles. The first kappa shape index (κ1) is 31.4. The average molecular weight is 615 g/mol. The maximum absolute atomic E-state index is 13.7. The van der Waals surface area contributed by atoms with Gasteiger partial charge in [-0.15, -0.1) is 0 Å². The van der Waals surface area contributed by atoms with Crippen LogP contribution in [0.2, 0.25) is 5.02 Å². The van der Waals surface area contributed by atoms with Crippen LogP contribution in [0.25, 0.3) is 0 Å². The fraction of sp³-hybridized carbons (Fsp3) is 0.636. The van der Waals surface area contributed by atoms with Gasteiger partial charge in [0, 0.05) is 44.5 Å². The number of likely N-dealkylation sites (tertiary alicyclic amines) is 2. The van der Waals surface area contributed by atoms with Gasteiger partial charge < -0.3 is 9.80 Å². The molecule has 1 amide bonds. The summed E-state index contributed by atoms with van der Waals surface area (Å²) < 4.78 is 29.0. The van der Waals surface area contributed by atoms with Crippen molar-refractivity contribution in [3.8, 4) is 0 Å². The Balaban J connectivity index is 1.15. The number of piperidine rings is 2. The third-order valence-corrected chi connectivity index (χ3v) is 12.5. The van der Waals surface area contributed by atoms with Crippen molar-refractivity contribution in [2.45, 2.75) is 100 Å². The Morgan fingerprint density at radius 1 is 0.976 bits per heavy atom. The molecular formula is C33H47ClN4O3S. The summed E-state index contributed by atoms with van der Waals surface area (Å²) in [4.78, 5) is 22.4. The number of amides is 1. The summed E-state index contributed by atoms with van der Waals surface area (Å²) in [5.74, 6) is 0.197. The first-order valence-corrected chi connectivity index (χ1v) is 17.8. The topological polar surface area (TPSA) is 73.8 Å². The van der Waals surface area contributed by atoms with Gasteiger partial charge in [0.15, 0.2) is 0 Å². The number of rotatable bonds is 11. The fourth-order valence-electron chi connectivity index (χ4n) is 7.51. The van der Waals surface area contributed by atoms with Crippen molar-refractivity contribution in [2.75, 3.05) is 39.3 Å². The summed E-state index contributed by atoms with van der Waals surface area (Å²) in [5, 5.41) is 0.276. The molecule has 3 saturated heterocycles. The van der Waals surface area contributed by atoms with Crippen LogP contribution in [0, 0.1) is 6.92 Å². The highest BCUT2D eigenvalue weighted by Crippen LogP contribution is 2.40. The number of halogens is 1. The van der Waals surface area contributed by atoms with Crippen molar-refractivity contribution in [3.63, 3.8) is 0 Å². The summed E-state index contributed by atoms with van der Waals surface area (Å²) in [6.07, 6.45) is 15.3. The lowest BCUT2D eigenvalue weighted by atomic mass is 9.70. The van der Waals surface area contributed by atoms with E-state index in [4.69, 9.17) is 11.6 Å². The molecule has 5 rings (SSSR count). The number of sulfonamides is 1. The Morgan fingerprint density at radius 2 is 1.69 bits per heavy atom. The van der Waals surface area contributed by atoms with E-state index in [9.17, 15) is 13.2 Å². The number of pyridine rings is 1. The van der Waals surface area contributed by atoms with E-state index in [1.807, 2.05) is 17.3 Å². The molecule has 0 spiro atoms. The molecule has 0 saturated carbocycles. The predicted octanol–water partition coefficient (Wildman–Crippen LogP) is 6.19. The molecule has 3 fully saturated rings. The molecule has 0 radical (unpaired) electrons. The smallest absolute Gasteiger partial charge is 0.245 e. The average Bonchev–Trinajstić information content (AvgIpc) is 3.51. The molecule has 1 unspecified atom stereocenters. The zero-order valence-electron chi connectivity index (χ0n) is 25.1. The van der Waals surface area contributed by atoms with Gasteiger partial charge in [-0.05, 0) is 126 Å². The second kappa shape index (κ2) is 14.2. The highest BCUT2D eigenvalue weighted by atomic mass is 35.5. The monoisotopic (exact) mass is 614 g/mol. The molecule has 0 aliphatic carbocycles. The highest BCUT2D eigenvalue weighted by molar-refractivity contribution is 7.89. The molecule has 0 bridgehead atoms. The van der Waals surface area contributed by atoms with Gasteiger partial charge in [-0.1, -0.05) is 30.2 Å². The minimum atomic E-state index is -3.70. The molecule has 230 valence electrons. The van der Waals surface area contributed by atoms with Crippen molar-refractivity contribution < 1.29 is 13.2 Å². The Labute approximate surface area is 257 Å². The van der Waals surface area contributed by atoms with Crippen molar-refractivity contribution in [1.29, 1.82) is 0 Å². The van der Waals surface area contributed by atoms with Crippen molar-refractivity contribution in [3.05, 3.63) is 58.9 Å². The van der Waals surface area contributed by atoms with Crippen LogP contribution in [-0.2, 0) is 20.2 Å². The third-order valence-electron chi connectivity index (χ3n) is 9.93. The van der Waals surface area contributed by atoms with E-state index in [0.717, 1.165) is 51.6 Å². The molecule has 1 aromatic carbocycles. The van der Waals surface area contributed by atoms with E-state index < -0.39 is 10.0 Å². The van der Waals surface area contributed by atoms with Crippen LogP contribution in [0.5, 0.6) is 0 Å². The van der Waals surface area contributed by atoms with Crippen molar-refractivity contribution in [2.24, 2.45) is 0 Å². The molecule has 9 heteroatoms. The van der Waals surface area contributed by atoms with Gasteiger partial charge in [0.05, 0.1) is 5.02 Å². The SMILES string of the molecule is Cc1cccc(Cl)c1S(=O)(=O)N1CCCCC1CCCC(=O)N1CCC(CCCN2CCCC2)(c2ccncc2)CC1. The lowest BCUT2D eigenvalue weighted by molar-refractivity contribution is -0.133. The summed E-state index contributed by atoms with van der Waals surface area (Å²) in [6, 6.07) is 9.47. The van der Waals surface area contributed by atoms with E-state index in [1.54, 1.807) is 29.4 Å². The molecule has 7 nitrogen and oxygen atoms in total. The zero-order chi connectivity index (χ0) is 29.6. The maximum Gasteiger partial charge on any atom is 0.245 e. The third kappa shape index (κ3) is 7.20. The minimum Gasteiger partial charge on any atom is -0.343 e. The first-order valence-electron chi connectivity index (χ1n) is 16.0. The van der Waals surface area contributed by atoms with E-state index >= 15 is 0 Å². The van der Waals surface area contributed by atoms with Gasteiger partial charge in [0.1, 0.15) is 4.90 Å². The van der Waals surface area contributed by atoms with Gasteiger partial charge in [0.25, 0.3) is 0 Å². The van der Waals surface area contributed by atoms with Crippen LogP contribution in [0.1, 0.15) is 88.2 Å². The van der Waals surface area contributed by atoms with Gasteiger partial charge in [0.2, 0.25) is 15.9 Å². The standard InChI is InChI=1S/C33H47ClN4O3S/c1-27-9-6-12-30(34)32(27)42(40,41)38-24-3-2-10-29(38)11-7-13-31(39)37-25-17-33(18-26-37,28-14-19-35-20-15-28)16-8-23-36-21-4-5-22-36/h6,9,12,14-15,19-20,29H,2-5,7-8,10-11,13,16-18,21-26H2,1H3. The van der Waals surface area contributed by atoms with Crippen LogP contribution in [0.4, 0.5) is 0 Å². The van der Waals surface area contributed by atoms with Crippen LogP contribution >= 0.6 is 11.6 Å². The van der Waals surface area contributed by atoms with E-state index in [1.165, 1.54) is 44.5 Å².